The number of hydrogen-bond acceptors (Lipinski definition) is 3. The Hall–Kier alpha value is 2.35. The standard InChI is InChI=1S/Al.Ga.In.H2O3P.8H/c;;;1-4(2)3;;;;;;;;/h;;;1-2H;;;;;;;;/q+1;;;-1;;;;;;;;. The van der Waals surface area contributed by atoms with Crippen molar-refractivity contribution < 1.29 is 13.4 Å². The third-order valence-electron chi connectivity index (χ3n) is 0.163. The first-order valence-electron chi connectivity index (χ1n) is 0.991. The molecule has 0 rings (SSSR count). The maximum atomic E-state index is 7.79. The molecule has 0 aromatic carbocycles. The van der Waals surface area contributed by atoms with Crippen molar-refractivity contribution in [2.24, 2.45) is 0 Å². The summed E-state index contributed by atoms with van der Waals surface area (Å²) in [6.07, 6.45) is 0. The van der Waals surface area contributed by atoms with Gasteiger partial charge in [0, 0.05) is 0 Å². The van der Waals surface area contributed by atoms with Crippen LogP contribution in [-0.4, -0.2) is 72.0 Å². The van der Waals surface area contributed by atoms with E-state index in [9.17, 15) is 0 Å². The Kier molecular flexibility index (Phi) is 25.8. The molecule has 0 heterocycles. The van der Waals surface area contributed by atoms with Gasteiger partial charge in [-0.2, -0.15) is 0 Å². The van der Waals surface area contributed by atoms with Crippen LogP contribution >= 0.6 is 8.60 Å². The summed E-state index contributed by atoms with van der Waals surface area (Å²) in [4.78, 5) is 15.6. The topological polar surface area (TPSA) is 49.7 Å². The van der Waals surface area contributed by atoms with Crippen molar-refractivity contribution in [2.45, 2.75) is 0 Å². The zero-order chi connectivity index (χ0) is 4.28. The Morgan fingerprint density at radius 2 is 1.57 bits per heavy atom. The Bertz CT molecular complexity index is 28.9. The van der Waals surface area contributed by atoms with Crippen molar-refractivity contribution in [1.82, 2.24) is 0 Å². The predicted octanol–water partition coefficient (Wildman–Crippen LogP) is -3.61. The average molecular weight is 301 g/mol. The molecule has 0 radical (unpaired) electrons. The summed E-state index contributed by atoms with van der Waals surface area (Å²) in [6, 6.07) is 0. The quantitative estimate of drug-likeness (QED) is 0.389. The molecular formula is H10AlGaInO3P. The number of hydrogen-bond donors (Lipinski definition) is 2. The van der Waals surface area contributed by atoms with Gasteiger partial charge in [0.1, 0.15) is 0 Å². The third-order valence-corrected chi connectivity index (χ3v) is 1.47. The second kappa shape index (κ2) is 11.2. The molecule has 0 fully saturated rings. The van der Waals surface area contributed by atoms with Gasteiger partial charge >= 0.3 is 62.3 Å². The van der Waals surface area contributed by atoms with Crippen LogP contribution < -0.4 is 0 Å². The van der Waals surface area contributed by atoms with E-state index in [1.807, 2.05) is 0 Å². The fourth-order valence-electron chi connectivity index (χ4n) is 0. The molecule has 0 aromatic heterocycles. The van der Waals surface area contributed by atoms with E-state index in [4.69, 9.17) is 9.79 Å². The molecule has 0 spiro atoms. The Morgan fingerprint density at radius 1 is 1.43 bits per heavy atom. The van der Waals surface area contributed by atoms with Crippen LogP contribution in [0.5, 0.6) is 0 Å². The molecule has 0 atom stereocenters. The summed E-state index contributed by atoms with van der Waals surface area (Å²) in [5, 5.41) is 0. The summed E-state index contributed by atoms with van der Waals surface area (Å²) in [7, 11) is -2.04. The molecule has 2 N–H and O–H groups in total. The zero-order valence-corrected chi connectivity index (χ0v) is 5.64. The van der Waals surface area contributed by atoms with Crippen LogP contribution in [-0.2, 0) is 3.58 Å². The molecule has 7 heteroatoms. The normalized spacial score (nSPS) is 6.71. The summed E-state index contributed by atoms with van der Waals surface area (Å²) in [5.74, 6) is 0. The first-order chi connectivity index (χ1) is 2.27. The van der Waals surface area contributed by atoms with Gasteiger partial charge in [-0.3, -0.25) is 0 Å². The molecule has 0 amide bonds. The van der Waals surface area contributed by atoms with Crippen LogP contribution in [0.4, 0.5) is 0 Å². The van der Waals surface area contributed by atoms with E-state index in [0.29, 0.717) is 16.6 Å². The minimum absolute atomic E-state index is 0. The maximum absolute atomic E-state index is 7.79. The van der Waals surface area contributed by atoms with Crippen LogP contribution in [0.3, 0.4) is 0 Å². The minimum atomic E-state index is -2.04. The fourth-order valence-corrected chi connectivity index (χ4v) is 0. The van der Waals surface area contributed by atoms with E-state index in [-0.39, 0.29) is 45.6 Å². The summed E-state index contributed by atoms with van der Waals surface area (Å²) < 4.78 is 4.06. The van der Waals surface area contributed by atoms with Gasteiger partial charge in [-0.25, -0.2) is 0 Å². The van der Waals surface area contributed by atoms with Crippen molar-refractivity contribution in [3.63, 3.8) is 0 Å². The van der Waals surface area contributed by atoms with Gasteiger partial charge in [-0.1, -0.05) is 0 Å². The fraction of sp³-hybridized carbons (Fsp3) is 0. The Morgan fingerprint density at radius 3 is 1.57 bits per heavy atom. The monoisotopic (exact) mass is 300 g/mol. The summed E-state index contributed by atoms with van der Waals surface area (Å²) in [6.45, 7) is 0. The molecule has 42 valence electrons. The molecule has 0 aromatic rings. The summed E-state index contributed by atoms with van der Waals surface area (Å²) >= 11 is 0.402. The van der Waals surface area contributed by atoms with Gasteiger partial charge in [0.05, 0.1) is 0 Å². The zero-order valence-electron chi connectivity index (χ0n) is 2.75. The van der Waals surface area contributed by atoms with E-state index >= 15 is 0 Å². The molecular weight excluding hydrogens is 290 g/mol. The van der Waals surface area contributed by atoms with Crippen molar-refractivity contribution in [2.75, 3.05) is 0 Å². The molecule has 0 saturated carbocycles. The molecule has 0 saturated heterocycles. The van der Waals surface area contributed by atoms with Gasteiger partial charge < -0.3 is 13.4 Å². The van der Waals surface area contributed by atoms with E-state index in [1.54, 1.807) is 0 Å². The van der Waals surface area contributed by atoms with E-state index in [0.717, 1.165) is 0 Å². The van der Waals surface area contributed by atoms with E-state index < -0.39 is 8.60 Å². The predicted molar refractivity (Wildman–Crippen MR) is 40.9 cm³/mol. The average Bonchev–Trinajstić information content (AvgIpc) is 1.38. The Balaban J connectivity index is -0.0000000800. The third kappa shape index (κ3) is 17.8. The number of rotatable bonds is 1. The van der Waals surface area contributed by atoms with Crippen molar-refractivity contribution in [3.8, 4) is 0 Å². The van der Waals surface area contributed by atoms with Crippen molar-refractivity contribution in [1.29, 1.82) is 0 Å². The van der Waals surface area contributed by atoms with Crippen LogP contribution in [0.2, 0.25) is 0 Å². The Labute approximate surface area is 83.4 Å². The second-order valence-corrected chi connectivity index (χ2v) is 2.40. The first kappa shape index (κ1) is 16.2. The van der Waals surface area contributed by atoms with Gasteiger partial charge in [-0.05, 0) is 0 Å². The second-order valence-electron chi connectivity index (χ2n) is 0.435. The van der Waals surface area contributed by atoms with Crippen LogP contribution in [0.15, 0.2) is 0 Å². The molecule has 0 aliphatic carbocycles. The van der Waals surface area contributed by atoms with Crippen LogP contribution in [0.1, 0.15) is 0 Å². The van der Waals surface area contributed by atoms with Crippen molar-refractivity contribution in [3.05, 3.63) is 0 Å². The molecule has 0 aliphatic rings. The van der Waals surface area contributed by atoms with Crippen molar-refractivity contribution >= 4 is 70.9 Å². The molecule has 3 nitrogen and oxygen atoms in total. The van der Waals surface area contributed by atoms with Gasteiger partial charge in [0.2, 0.25) is 0 Å². The van der Waals surface area contributed by atoms with Crippen LogP contribution in [0, 0.1) is 0 Å². The van der Waals surface area contributed by atoms with Gasteiger partial charge in [0.25, 0.3) is 8.60 Å². The first-order valence-corrected chi connectivity index (χ1v) is 2.97. The SMILES string of the molecule is OP(O)[O][AlH2].[GaH3].[InH3]. The van der Waals surface area contributed by atoms with Gasteiger partial charge in [-0.15, -0.1) is 0 Å². The molecule has 0 bridgehead atoms. The van der Waals surface area contributed by atoms with E-state index in [1.165, 1.54) is 0 Å². The molecule has 0 unspecified atom stereocenters. The van der Waals surface area contributed by atoms with E-state index in [2.05, 4.69) is 3.58 Å². The molecule has 7 heavy (non-hydrogen) atoms. The van der Waals surface area contributed by atoms with Crippen LogP contribution in [0.25, 0.3) is 0 Å². The summed E-state index contributed by atoms with van der Waals surface area (Å²) in [5.41, 5.74) is 0. The van der Waals surface area contributed by atoms with Gasteiger partial charge in [0.15, 0.2) is 0 Å². The molecule has 0 aliphatic heterocycles.